The topological polar surface area (TPSA) is 37.3 Å². The van der Waals surface area contributed by atoms with Gasteiger partial charge in [-0.2, -0.15) is 0 Å². The normalized spacial score (nSPS) is 5.00. The Morgan fingerprint density at radius 3 is 2.00 bits per heavy atom. The number of carboxylic acid groups (broad SMARTS) is 1. The fraction of sp³-hybridized carbons (Fsp3) is 0. The summed E-state index contributed by atoms with van der Waals surface area (Å²) in [5, 5.41) is 7.33. The van der Waals surface area contributed by atoms with Gasteiger partial charge in [-0.25, -0.2) is 4.79 Å². The molecule has 0 bridgehead atoms. The van der Waals surface area contributed by atoms with E-state index in [0.29, 0.717) is 0 Å². The smallest absolute Gasteiger partial charge is 1.00 e. The summed E-state index contributed by atoms with van der Waals surface area (Å²) in [6.07, 6.45) is 0. The van der Waals surface area contributed by atoms with Crippen molar-refractivity contribution in [2.45, 2.75) is 0 Å². The van der Waals surface area contributed by atoms with Gasteiger partial charge in [0.1, 0.15) is 0 Å². The van der Waals surface area contributed by atoms with Crippen LogP contribution in [0.25, 0.3) is 0 Å². The third-order valence-electron chi connectivity index (χ3n) is 0. The molecule has 0 atom stereocenters. The van der Waals surface area contributed by atoms with Gasteiger partial charge in [-0.3, -0.25) is 0 Å². The second-order valence-electron chi connectivity index (χ2n) is 0.253. The van der Waals surface area contributed by atoms with Crippen LogP contribution in [-0.4, -0.2) is 58.9 Å². The molecule has 0 aliphatic heterocycles. The Kier molecular flexibility index (Phi) is 10.7. The monoisotopic (exact) mass is 264 g/mol. The molecule has 0 fully saturated rings. The van der Waals surface area contributed by atoms with Gasteiger partial charge in [-0.05, 0) is 0 Å². The molecule has 0 aromatic rings. The average Bonchev–Trinajstić information content (AvgIpc) is 0.811. The predicted molar refractivity (Wildman–Crippen MR) is 24.9 cm³/mol. The van der Waals surface area contributed by atoms with Crippen LogP contribution >= 0.6 is 15.9 Å². The summed E-state index contributed by atoms with van der Waals surface area (Å²) in [7, 11) is 0. The van der Waals surface area contributed by atoms with Crippen LogP contribution in [0.3, 0.4) is 0 Å². The van der Waals surface area contributed by atoms with E-state index in [0.717, 1.165) is 0 Å². The SMILES string of the molecule is O=C(O)Br.[Ba+2].[H-].[H-]. The van der Waals surface area contributed by atoms with Crippen molar-refractivity contribution in [2.24, 2.45) is 0 Å². The minimum atomic E-state index is -1.02. The number of halogens is 1. The maximum atomic E-state index is 8.92. The molecule has 0 saturated carbocycles. The van der Waals surface area contributed by atoms with Crippen molar-refractivity contribution in [3.8, 4) is 0 Å². The van der Waals surface area contributed by atoms with Gasteiger partial charge in [-0.15, -0.1) is 0 Å². The summed E-state index contributed by atoms with van der Waals surface area (Å²) < 4.78 is 0. The summed E-state index contributed by atoms with van der Waals surface area (Å²) in [6.45, 7) is 0. The third kappa shape index (κ3) is 29.6. The van der Waals surface area contributed by atoms with E-state index in [1.165, 1.54) is 0 Å². The molecule has 0 unspecified atom stereocenters. The first-order chi connectivity index (χ1) is 1.73. The van der Waals surface area contributed by atoms with E-state index in [2.05, 4.69) is 15.9 Å². The van der Waals surface area contributed by atoms with Crippen LogP contribution < -0.4 is 0 Å². The maximum absolute atomic E-state index is 8.92. The Morgan fingerprint density at radius 1 is 2.00 bits per heavy atom. The van der Waals surface area contributed by atoms with Crippen molar-refractivity contribution in [3.05, 3.63) is 0 Å². The zero-order chi connectivity index (χ0) is 3.58. The van der Waals surface area contributed by atoms with Crippen LogP contribution in [0.4, 0.5) is 4.79 Å². The Bertz CT molecular complexity index is 38.7. The molecule has 0 aromatic carbocycles. The zero-order valence-corrected chi connectivity index (χ0v) is 8.47. The summed E-state index contributed by atoms with van der Waals surface area (Å²) in [5.74, 6) is 0. The third-order valence-corrected chi connectivity index (χ3v) is 0. The van der Waals surface area contributed by atoms with Crippen molar-refractivity contribution < 1.29 is 12.8 Å². The van der Waals surface area contributed by atoms with Crippen molar-refractivity contribution >= 4 is 69.7 Å². The summed E-state index contributed by atoms with van der Waals surface area (Å²) in [4.78, 5) is 7.90. The molecule has 0 rings (SSSR count). The quantitative estimate of drug-likeness (QED) is 0.521. The van der Waals surface area contributed by atoms with Gasteiger partial charge in [0.2, 0.25) is 0 Å². The fourth-order valence-electron chi connectivity index (χ4n) is 0. The predicted octanol–water partition coefficient (Wildman–Crippen LogP) is 0.903. The molecule has 1 N–H and O–H groups in total. The van der Waals surface area contributed by atoms with Crippen LogP contribution in [-0.2, 0) is 0 Å². The molecule has 0 aliphatic rings. The van der Waals surface area contributed by atoms with Gasteiger partial charge in [0.05, 0.1) is 0 Å². The second kappa shape index (κ2) is 5.52. The van der Waals surface area contributed by atoms with Crippen molar-refractivity contribution in [3.63, 3.8) is 0 Å². The molecule has 0 saturated heterocycles. The van der Waals surface area contributed by atoms with Crippen molar-refractivity contribution in [2.75, 3.05) is 0 Å². The first kappa shape index (κ1) is 9.73. The van der Waals surface area contributed by atoms with E-state index < -0.39 is 4.88 Å². The Labute approximate surface area is 81.1 Å². The van der Waals surface area contributed by atoms with Crippen molar-refractivity contribution in [1.82, 2.24) is 0 Å². The molecule has 0 spiro atoms. The molecule has 0 amide bonds. The molecule has 0 radical (unpaired) electrons. The minimum absolute atomic E-state index is 0. The van der Waals surface area contributed by atoms with Gasteiger partial charge >= 0.3 is 53.8 Å². The molecule has 0 aromatic heterocycles. The van der Waals surface area contributed by atoms with Crippen LogP contribution in [0, 0.1) is 0 Å². The number of hydrogen-bond donors (Lipinski definition) is 1. The molecule has 5 heavy (non-hydrogen) atoms. The molecule has 0 aliphatic carbocycles. The van der Waals surface area contributed by atoms with E-state index in [4.69, 9.17) is 9.90 Å². The molecular weight excluding hydrogens is 261 g/mol. The fourth-order valence-corrected chi connectivity index (χ4v) is 0. The largest absolute Gasteiger partial charge is 2.00 e. The van der Waals surface area contributed by atoms with E-state index in [1.54, 1.807) is 0 Å². The van der Waals surface area contributed by atoms with Crippen LogP contribution in [0.5, 0.6) is 0 Å². The minimum Gasteiger partial charge on any atom is -1.00 e. The Morgan fingerprint density at radius 2 is 2.00 bits per heavy atom. The molecule has 2 nitrogen and oxygen atoms in total. The summed E-state index contributed by atoms with van der Waals surface area (Å²) in [6, 6.07) is 0. The standard InChI is InChI=1S/CHBrO2.Ba.2H/c2-1(3)4;;;/h(H,3,4);;;/q;+2;2*-1. The molecule has 4 heteroatoms. The van der Waals surface area contributed by atoms with E-state index >= 15 is 0 Å². The van der Waals surface area contributed by atoms with E-state index in [-0.39, 0.29) is 51.7 Å². The van der Waals surface area contributed by atoms with Gasteiger partial charge in [0.25, 0.3) is 0 Å². The average molecular weight is 264 g/mol. The van der Waals surface area contributed by atoms with Crippen LogP contribution in [0.1, 0.15) is 2.85 Å². The zero-order valence-electron chi connectivity index (χ0n) is 4.44. The van der Waals surface area contributed by atoms with Gasteiger partial charge < -0.3 is 7.96 Å². The van der Waals surface area contributed by atoms with E-state index in [9.17, 15) is 0 Å². The molecule has 0 heterocycles. The molecule has 28 valence electrons. The summed E-state index contributed by atoms with van der Waals surface area (Å²) in [5.41, 5.74) is 0. The number of carbonyl (C=O) groups is 1. The van der Waals surface area contributed by atoms with Gasteiger partial charge in [0.15, 0.2) is 0 Å². The number of rotatable bonds is 0. The van der Waals surface area contributed by atoms with Gasteiger partial charge in [0, 0.05) is 15.9 Å². The first-order valence-corrected chi connectivity index (χ1v) is 1.41. The Balaban J connectivity index is -0.0000000150. The number of hydrogen-bond acceptors (Lipinski definition) is 1. The van der Waals surface area contributed by atoms with Crippen LogP contribution in [0.2, 0.25) is 0 Å². The van der Waals surface area contributed by atoms with Crippen molar-refractivity contribution in [1.29, 1.82) is 0 Å². The van der Waals surface area contributed by atoms with E-state index in [1.807, 2.05) is 0 Å². The first-order valence-electron chi connectivity index (χ1n) is 0.617. The second-order valence-corrected chi connectivity index (χ2v) is 0.931. The van der Waals surface area contributed by atoms with Crippen LogP contribution in [0.15, 0.2) is 0 Å². The molecular formula is CH3BaBrO2. The van der Waals surface area contributed by atoms with Gasteiger partial charge in [-0.1, -0.05) is 0 Å². The summed E-state index contributed by atoms with van der Waals surface area (Å²) >= 11 is 2.19. The maximum Gasteiger partial charge on any atom is 2.00 e. The Hall–Kier alpha value is 1.52.